The van der Waals surface area contributed by atoms with Crippen molar-refractivity contribution in [2.45, 2.75) is 0 Å². The van der Waals surface area contributed by atoms with Crippen LogP contribution >= 0.6 is 22.9 Å². The molecule has 2 aromatic rings. The maximum Gasteiger partial charge on any atom is 0.0941 e. The van der Waals surface area contributed by atoms with Gasteiger partial charge in [0.05, 0.1) is 10.0 Å². The van der Waals surface area contributed by atoms with Gasteiger partial charge in [0.2, 0.25) is 0 Å². The zero-order valence-electron chi connectivity index (χ0n) is 6.17. The zero-order valence-corrected chi connectivity index (χ0v) is 7.75. The Hall–Kier alpha value is -0.770. The number of hydrogen-bond donors (Lipinski definition) is 2. The standard InChI is InChI=1S/C8H7ClN2S/c9-8-4-5-6(11-10)2-1-3-7(5)12-8/h1-4,11H,10H2. The van der Waals surface area contributed by atoms with E-state index in [0.29, 0.717) is 0 Å². The van der Waals surface area contributed by atoms with Gasteiger partial charge in [-0.3, -0.25) is 5.84 Å². The van der Waals surface area contributed by atoms with Crippen molar-refractivity contribution in [2.24, 2.45) is 5.84 Å². The topological polar surface area (TPSA) is 38.0 Å². The normalized spacial score (nSPS) is 10.5. The van der Waals surface area contributed by atoms with Gasteiger partial charge in [0, 0.05) is 10.1 Å². The van der Waals surface area contributed by atoms with Crippen LogP contribution in [0.25, 0.3) is 10.1 Å². The lowest BCUT2D eigenvalue weighted by atomic mass is 10.2. The molecule has 3 N–H and O–H groups in total. The second-order valence-electron chi connectivity index (χ2n) is 2.41. The van der Waals surface area contributed by atoms with Gasteiger partial charge in [-0.15, -0.1) is 11.3 Å². The summed E-state index contributed by atoms with van der Waals surface area (Å²) >= 11 is 7.41. The van der Waals surface area contributed by atoms with E-state index >= 15 is 0 Å². The molecular weight excluding hydrogens is 192 g/mol. The summed E-state index contributed by atoms with van der Waals surface area (Å²) in [6, 6.07) is 7.80. The van der Waals surface area contributed by atoms with Gasteiger partial charge < -0.3 is 5.43 Å². The van der Waals surface area contributed by atoms with Gasteiger partial charge >= 0.3 is 0 Å². The molecule has 0 radical (unpaired) electrons. The van der Waals surface area contributed by atoms with E-state index in [1.165, 1.54) is 0 Å². The predicted molar refractivity (Wildman–Crippen MR) is 54.6 cm³/mol. The van der Waals surface area contributed by atoms with Crippen molar-refractivity contribution in [1.29, 1.82) is 0 Å². The summed E-state index contributed by atoms with van der Waals surface area (Å²) in [6.45, 7) is 0. The minimum absolute atomic E-state index is 0.785. The van der Waals surface area contributed by atoms with Crippen LogP contribution in [0.5, 0.6) is 0 Å². The highest BCUT2D eigenvalue weighted by Crippen LogP contribution is 2.33. The quantitative estimate of drug-likeness (QED) is 0.546. The highest BCUT2D eigenvalue weighted by molar-refractivity contribution is 7.22. The number of anilines is 1. The minimum atomic E-state index is 0.785. The first-order valence-corrected chi connectivity index (χ1v) is 4.65. The molecule has 0 atom stereocenters. The molecule has 0 aliphatic rings. The van der Waals surface area contributed by atoms with E-state index in [0.717, 1.165) is 20.1 Å². The van der Waals surface area contributed by atoms with Crippen LogP contribution in [0.15, 0.2) is 24.3 Å². The summed E-state index contributed by atoms with van der Waals surface area (Å²) in [4.78, 5) is 0. The molecule has 2 rings (SSSR count). The van der Waals surface area contributed by atoms with E-state index in [-0.39, 0.29) is 0 Å². The van der Waals surface area contributed by atoms with E-state index in [1.54, 1.807) is 11.3 Å². The highest BCUT2D eigenvalue weighted by Gasteiger charge is 2.02. The Morgan fingerprint density at radius 3 is 3.00 bits per heavy atom. The van der Waals surface area contributed by atoms with Crippen LogP contribution in [-0.4, -0.2) is 0 Å². The lowest BCUT2D eigenvalue weighted by molar-refractivity contribution is 1.37. The monoisotopic (exact) mass is 198 g/mol. The largest absolute Gasteiger partial charge is 0.323 e. The van der Waals surface area contributed by atoms with Crippen LogP contribution < -0.4 is 11.3 Å². The Bertz CT molecular complexity index is 410. The lowest BCUT2D eigenvalue weighted by Crippen LogP contribution is -2.06. The maximum atomic E-state index is 5.86. The van der Waals surface area contributed by atoms with Crippen LogP contribution in [0.1, 0.15) is 0 Å². The SMILES string of the molecule is NNc1cccc2sc(Cl)cc12. The summed E-state index contributed by atoms with van der Waals surface area (Å²) in [6.07, 6.45) is 0. The van der Waals surface area contributed by atoms with Gasteiger partial charge in [-0.25, -0.2) is 0 Å². The zero-order chi connectivity index (χ0) is 8.55. The Kier molecular flexibility index (Phi) is 1.92. The molecule has 0 fully saturated rings. The Morgan fingerprint density at radius 2 is 2.25 bits per heavy atom. The molecule has 0 bridgehead atoms. The number of nitrogens with two attached hydrogens (primary N) is 1. The number of nitrogens with one attached hydrogen (secondary N) is 1. The molecule has 12 heavy (non-hydrogen) atoms. The number of halogens is 1. The van der Waals surface area contributed by atoms with Crippen LogP contribution in [0.2, 0.25) is 4.34 Å². The van der Waals surface area contributed by atoms with Crippen molar-refractivity contribution in [3.63, 3.8) is 0 Å². The first kappa shape index (κ1) is 7.86. The molecule has 0 saturated carbocycles. The first-order chi connectivity index (χ1) is 5.81. The van der Waals surface area contributed by atoms with Crippen LogP contribution in [-0.2, 0) is 0 Å². The van der Waals surface area contributed by atoms with Crippen molar-refractivity contribution >= 4 is 38.7 Å². The highest BCUT2D eigenvalue weighted by atomic mass is 35.5. The molecule has 62 valence electrons. The molecule has 0 aliphatic heterocycles. The molecule has 1 heterocycles. The molecular formula is C8H7ClN2S. The Morgan fingerprint density at radius 1 is 1.42 bits per heavy atom. The molecule has 1 aromatic heterocycles. The average molecular weight is 199 g/mol. The van der Waals surface area contributed by atoms with Crippen molar-refractivity contribution < 1.29 is 0 Å². The smallest absolute Gasteiger partial charge is 0.0941 e. The van der Waals surface area contributed by atoms with Gasteiger partial charge in [-0.05, 0) is 18.2 Å². The van der Waals surface area contributed by atoms with E-state index < -0.39 is 0 Å². The molecule has 0 spiro atoms. The van der Waals surface area contributed by atoms with Crippen LogP contribution in [0.3, 0.4) is 0 Å². The molecule has 0 aliphatic carbocycles. The molecule has 1 aromatic carbocycles. The number of benzene rings is 1. The van der Waals surface area contributed by atoms with E-state index in [1.807, 2.05) is 24.3 Å². The third-order valence-corrected chi connectivity index (χ3v) is 2.92. The van der Waals surface area contributed by atoms with Crippen LogP contribution in [0.4, 0.5) is 5.69 Å². The van der Waals surface area contributed by atoms with Crippen molar-refractivity contribution in [3.8, 4) is 0 Å². The Balaban J connectivity index is 2.78. The number of hydrogen-bond acceptors (Lipinski definition) is 3. The molecule has 4 heteroatoms. The second kappa shape index (κ2) is 2.94. The first-order valence-electron chi connectivity index (χ1n) is 3.46. The van der Waals surface area contributed by atoms with E-state index in [2.05, 4.69) is 5.43 Å². The van der Waals surface area contributed by atoms with Crippen molar-refractivity contribution in [1.82, 2.24) is 0 Å². The number of fused-ring (bicyclic) bond motifs is 1. The van der Waals surface area contributed by atoms with Gasteiger partial charge in [0.25, 0.3) is 0 Å². The Labute approximate surface area is 78.9 Å². The summed E-state index contributed by atoms with van der Waals surface area (Å²) in [7, 11) is 0. The number of hydrazine groups is 1. The number of thiophene rings is 1. The fourth-order valence-electron chi connectivity index (χ4n) is 1.16. The number of nitrogen functional groups attached to an aromatic ring is 1. The third kappa shape index (κ3) is 1.16. The average Bonchev–Trinajstić information content (AvgIpc) is 2.44. The molecule has 2 nitrogen and oxygen atoms in total. The fourth-order valence-corrected chi connectivity index (χ4v) is 2.33. The van der Waals surface area contributed by atoms with E-state index in [4.69, 9.17) is 17.4 Å². The predicted octanol–water partition coefficient (Wildman–Crippen LogP) is 2.84. The van der Waals surface area contributed by atoms with E-state index in [9.17, 15) is 0 Å². The summed E-state index contributed by atoms with van der Waals surface area (Å²) in [5.41, 5.74) is 3.54. The van der Waals surface area contributed by atoms with Crippen molar-refractivity contribution in [3.05, 3.63) is 28.6 Å². The van der Waals surface area contributed by atoms with Gasteiger partial charge in [0.1, 0.15) is 0 Å². The summed E-state index contributed by atoms with van der Waals surface area (Å²) < 4.78 is 1.93. The van der Waals surface area contributed by atoms with Crippen molar-refractivity contribution in [2.75, 3.05) is 5.43 Å². The molecule has 0 amide bonds. The minimum Gasteiger partial charge on any atom is -0.323 e. The molecule has 0 saturated heterocycles. The van der Waals surface area contributed by atoms with Gasteiger partial charge in [-0.1, -0.05) is 17.7 Å². The second-order valence-corrected chi connectivity index (χ2v) is 4.13. The van der Waals surface area contributed by atoms with Gasteiger partial charge in [-0.2, -0.15) is 0 Å². The lowest BCUT2D eigenvalue weighted by Gasteiger charge is -1.99. The van der Waals surface area contributed by atoms with Crippen LogP contribution in [0, 0.1) is 0 Å². The number of rotatable bonds is 1. The van der Waals surface area contributed by atoms with Gasteiger partial charge in [0.15, 0.2) is 0 Å². The summed E-state index contributed by atoms with van der Waals surface area (Å²) in [5, 5.41) is 1.08. The summed E-state index contributed by atoms with van der Waals surface area (Å²) in [5.74, 6) is 5.34. The third-order valence-electron chi connectivity index (χ3n) is 1.69. The maximum absolute atomic E-state index is 5.86. The molecule has 0 unspecified atom stereocenters. The fraction of sp³-hybridized carbons (Fsp3) is 0.